The zero-order chi connectivity index (χ0) is 8.93. The normalized spacial score (nSPS) is 27.7. The second-order valence-corrected chi connectivity index (χ2v) is 4.73. The van der Waals surface area contributed by atoms with E-state index in [1.54, 1.807) is 0 Å². The largest absolute Gasteiger partial charge is 0.657 e. The summed E-state index contributed by atoms with van der Waals surface area (Å²) in [5.74, 6) is 0. The molecule has 0 radical (unpaired) electrons. The van der Waals surface area contributed by atoms with E-state index in [-0.39, 0.29) is 0 Å². The predicted octanol–water partition coefficient (Wildman–Crippen LogP) is 4.03. The minimum Gasteiger partial charge on any atom is -0.657 e. The van der Waals surface area contributed by atoms with Crippen molar-refractivity contribution in [1.29, 1.82) is 0 Å². The molecule has 2 aliphatic carbocycles. The molecule has 0 aromatic carbocycles. The van der Waals surface area contributed by atoms with Gasteiger partial charge in [0.1, 0.15) is 0 Å². The third-order valence-electron chi connectivity index (χ3n) is 3.57. The van der Waals surface area contributed by atoms with E-state index in [0.29, 0.717) is 0 Å². The van der Waals surface area contributed by atoms with Crippen molar-refractivity contribution in [2.45, 2.75) is 76.3 Å². The quantitative estimate of drug-likeness (QED) is 0.609. The van der Waals surface area contributed by atoms with Crippen molar-refractivity contribution in [3.63, 3.8) is 0 Å². The maximum atomic E-state index is 5.00. The highest BCUT2D eigenvalue weighted by atomic mass is 14.9. The van der Waals surface area contributed by atoms with Gasteiger partial charge < -0.3 is 5.32 Å². The Kier molecular flexibility index (Phi) is 3.65. The highest BCUT2D eigenvalue weighted by Gasteiger charge is 2.10. The summed E-state index contributed by atoms with van der Waals surface area (Å²) in [4.78, 5) is 0. The molecule has 0 bridgehead atoms. The molecule has 13 heavy (non-hydrogen) atoms. The average Bonchev–Trinajstić information content (AvgIpc) is 2.21. The molecule has 0 unspecified atom stereocenters. The Balaban J connectivity index is 1.69. The summed E-state index contributed by atoms with van der Waals surface area (Å²) in [5, 5.41) is 5.00. The Labute approximate surface area is 82.3 Å². The van der Waals surface area contributed by atoms with Gasteiger partial charge >= 0.3 is 0 Å². The minimum atomic E-state index is 0.747. The molecule has 0 heterocycles. The standard InChI is InChI=1S/C12H22N/c1-3-7-11(8-4-1)13-12-9-5-2-6-10-12/h11-12H,1-10H2/q-1. The van der Waals surface area contributed by atoms with Crippen molar-refractivity contribution >= 4 is 0 Å². The molecule has 2 fully saturated rings. The first-order chi connectivity index (χ1) is 6.45. The zero-order valence-corrected chi connectivity index (χ0v) is 8.67. The van der Waals surface area contributed by atoms with E-state index in [2.05, 4.69) is 0 Å². The number of hydrogen-bond acceptors (Lipinski definition) is 0. The van der Waals surface area contributed by atoms with Crippen molar-refractivity contribution in [2.24, 2.45) is 0 Å². The van der Waals surface area contributed by atoms with Crippen molar-refractivity contribution < 1.29 is 0 Å². The summed E-state index contributed by atoms with van der Waals surface area (Å²) in [7, 11) is 0. The lowest BCUT2D eigenvalue weighted by atomic mass is 9.91. The third kappa shape index (κ3) is 2.98. The summed E-state index contributed by atoms with van der Waals surface area (Å²) in [6, 6.07) is 1.49. The van der Waals surface area contributed by atoms with Crippen LogP contribution >= 0.6 is 0 Å². The van der Waals surface area contributed by atoms with Crippen molar-refractivity contribution in [3.8, 4) is 0 Å². The SMILES string of the molecule is C1CCC([N-]C2CCCCC2)CC1. The Hall–Kier alpha value is -0.0400. The highest BCUT2D eigenvalue weighted by Crippen LogP contribution is 2.30. The average molecular weight is 180 g/mol. The van der Waals surface area contributed by atoms with Crippen LogP contribution in [0.25, 0.3) is 5.32 Å². The van der Waals surface area contributed by atoms with Crippen molar-refractivity contribution in [1.82, 2.24) is 0 Å². The van der Waals surface area contributed by atoms with Crippen LogP contribution in [0.1, 0.15) is 64.2 Å². The summed E-state index contributed by atoms with van der Waals surface area (Å²) in [5.41, 5.74) is 0. The second-order valence-electron chi connectivity index (χ2n) is 4.73. The molecule has 2 rings (SSSR count). The third-order valence-corrected chi connectivity index (χ3v) is 3.57. The maximum absolute atomic E-state index is 5.00. The molecule has 0 spiro atoms. The smallest absolute Gasteiger partial charge is 0.0534 e. The van der Waals surface area contributed by atoms with Crippen LogP contribution in [0.5, 0.6) is 0 Å². The van der Waals surface area contributed by atoms with Gasteiger partial charge in [0.2, 0.25) is 0 Å². The first kappa shape index (κ1) is 9.51. The highest BCUT2D eigenvalue weighted by molar-refractivity contribution is 5.01. The van der Waals surface area contributed by atoms with Crippen molar-refractivity contribution in [3.05, 3.63) is 5.32 Å². The molecule has 2 aliphatic rings. The van der Waals surface area contributed by atoms with Crippen molar-refractivity contribution in [2.75, 3.05) is 0 Å². The van der Waals surface area contributed by atoms with Crippen LogP contribution in [0.2, 0.25) is 0 Å². The molecule has 0 aliphatic heterocycles. The molecule has 0 amide bonds. The maximum Gasteiger partial charge on any atom is -0.0534 e. The monoisotopic (exact) mass is 180 g/mol. The fourth-order valence-electron chi connectivity index (χ4n) is 2.76. The lowest BCUT2D eigenvalue weighted by molar-refractivity contribution is 0.410. The first-order valence-electron chi connectivity index (χ1n) is 6.15. The molecule has 0 aromatic heterocycles. The van der Waals surface area contributed by atoms with E-state index in [1.165, 1.54) is 64.2 Å². The van der Waals surface area contributed by atoms with Gasteiger partial charge in [-0.3, -0.25) is 0 Å². The second kappa shape index (κ2) is 4.99. The van der Waals surface area contributed by atoms with Gasteiger partial charge in [-0.2, -0.15) is 0 Å². The fourth-order valence-corrected chi connectivity index (χ4v) is 2.76. The fraction of sp³-hybridized carbons (Fsp3) is 1.00. The molecule has 1 heteroatoms. The number of hydrogen-bond donors (Lipinski definition) is 0. The Bertz CT molecular complexity index is 116. The molecule has 0 N–H and O–H groups in total. The van der Waals surface area contributed by atoms with E-state index in [0.717, 1.165) is 12.1 Å². The Morgan fingerprint density at radius 3 is 1.31 bits per heavy atom. The van der Waals surface area contributed by atoms with Crippen LogP contribution in [0, 0.1) is 0 Å². The van der Waals surface area contributed by atoms with Gasteiger partial charge in [-0.05, 0) is 0 Å². The van der Waals surface area contributed by atoms with Crippen LogP contribution in [0.4, 0.5) is 0 Å². The topological polar surface area (TPSA) is 14.1 Å². The van der Waals surface area contributed by atoms with Gasteiger partial charge in [0, 0.05) is 0 Å². The molecule has 1 nitrogen and oxygen atoms in total. The van der Waals surface area contributed by atoms with Gasteiger partial charge in [0.05, 0.1) is 0 Å². The molecular formula is C12H22N-. The van der Waals surface area contributed by atoms with Crippen LogP contribution in [0.3, 0.4) is 0 Å². The summed E-state index contributed by atoms with van der Waals surface area (Å²) < 4.78 is 0. The van der Waals surface area contributed by atoms with Gasteiger partial charge in [-0.1, -0.05) is 64.2 Å². The van der Waals surface area contributed by atoms with Crippen LogP contribution in [-0.4, -0.2) is 12.1 Å². The van der Waals surface area contributed by atoms with Gasteiger partial charge in [0.15, 0.2) is 0 Å². The zero-order valence-electron chi connectivity index (χ0n) is 8.67. The molecule has 0 aromatic rings. The molecule has 0 saturated heterocycles. The van der Waals surface area contributed by atoms with Gasteiger partial charge in [-0.25, -0.2) is 0 Å². The molecule has 2 saturated carbocycles. The first-order valence-corrected chi connectivity index (χ1v) is 6.15. The molecule has 0 atom stereocenters. The Morgan fingerprint density at radius 2 is 0.923 bits per heavy atom. The lowest BCUT2D eigenvalue weighted by Gasteiger charge is -2.43. The summed E-state index contributed by atoms with van der Waals surface area (Å²) in [6.45, 7) is 0. The van der Waals surface area contributed by atoms with Gasteiger partial charge in [0.25, 0.3) is 0 Å². The van der Waals surface area contributed by atoms with Crippen LogP contribution < -0.4 is 0 Å². The molecular weight excluding hydrogens is 158 g/mol. The van der Waals surface area contributed by atoms with E-state index >= 15 is 0 Å². The number of rotatable bonds is 2. The van der Waals surface area contributed by atoms with E-state index in [1.807, 2.05) is 0 Å². The Morgan fingerprint density at radius 1 is 0.538 bits per heavy atom. The lowest BCUT2D eigenvalue weighted by Crippen LogP contribution is -2.20. The van der Waals surface area contributed by atoms with E-state index in [9.17, 15) is 0 Å². The summed E-state index contributed by atoms with van der Waals surface area (Å²) in [6.07, 6.45) is 14.2. The van der Waals surface area contributed by atoms with E-state index < -0.39 is 0 Å². The summed E-state index contributed by atoms with van der Waals surface area (Å²) >= 11 is 0. The van der Waals surface area contributed by atoms with Gasteiger partial charge in [-0.15, -0.1) is 12.1 Å². The molecule has 76 valence electrons. The predicted molar refractivity (Wildman–Crippen MR) is 57.1 cm³/mol. The number of nitrogens with zero attached hydrogens (tertiary/aromatic N) is 1. The van der Waals surface area contributed by atoms with Crippen LogP contribution in [-0.2, 0) is 0 Å². The van der Waals surface area contributed by atoms with E-state index in [4.69, 9.17) is 5.32 Å². The van der Waals surface area contributed by atoms with Crippen LogP contribution in [0.15, 0.2) is 0 Å². The minimum absolute atomic E-state index is 0.747.